The highest BCUT2D eigenvalue weighted by Gasteiger charge is 2.15. The van der Waals surface area contributed by atoms with Crippen molar-refractivity contribution >= 4 is 26.6 Å². The number of anilines is 1. The minimum Gasteiger partial charge on any atom is -0.383 e. The monoisotopic (exact) mass is 322 g/mol. The zero-order chi connectivity index (χ0) is 16.2. The fourth-order valence-corrected chi connectivity index (χ4v) is 3.23. The summed E-state index contributed by atoms with van der Waals surface area (Å²) in [5.74, 6) is 0. The molecule has 0 aliphatic rings. The Bertz CT molecular complexity index is 740. The minimum atomic E-state index is -4.22. The molecule has 2 aromatic rings. The van der Waals surface area contributed by atoms with Gasteiger partial charge in [0.2, 0.25) is 0 Å². The molecule has 6 heteroatoms. The molecule has 2 N–H and O–H groups in total. The summed E-state index contributed by atoms with van der Waals surface area (Å²) in [5.41, 5.74) is 0.871. The van der Waals surface area contributed by atoms with Crippen LogP contribution in [0.5, 0.6) is 0 Å². The summed E-state index contributed by atoms with van der Waals surface area (Å²) in [6.07, 6.45) is 0. The Kier molecular flexibility index (Phi) is 5.39. The van der Waals surface area contributed by atoms with Crippen molar-refractivity contribution in [2.75, 3.05) is 31.5 Å². The average molecular weight is 322 g/mol. The van der Waals surface area contributed by atoms with E-state index in [9.17, 15) is 13.0 Å². The van der Waals surface area contributed by atoms with E-state index in [1.165, 1.54) is 6.07 Å². The summed E-state index contributed by atoms with van der Waals surface area (Å²) < 4.78 is 32.3. The molecule has 0 unspecified atom stereocenters. The predicted molar refractivity (Wildman–Crippen MR) is 90.0 cm³/mol. The fourth-order valence-electron chi connectivity index (χ4n) is 2.54. The number of nitrogens with zero attached hydrogens (tertiary/aromatic N) is 1. The quantitative estimate of drug-likeness (QED) is 0.767. The molecule has 120 valence electrons. The first kappa shape index (κ1) is 16.7. The van der Waals surface area contributed by atoms with Gasteiger partial charge in [-0.2, -0.15) is 8.42 Å². The van der Waals surface area contributed by atoms with Gasteiger partial charge in [-0.1, -0.05) is 38.1 Å². The van der Waals surface area contributed by atoms with Crippen molar-refractivity contribution in [2.45, 2.75) is 18.7 Å². The molecule has 0 radical (unpaired) electrons. The Balaban J connectivity index is 2.29. The van der Waals surface area contributed by atoms with E-state index in [-0.39, 0.29) is 4.90 Å². The Morgan fingerprint density at radius 1 is 1.05 bits per heavy atom. The summed E-state index contributed by atoms with van der Waals surface area (Å²) in [5, 5.41) is 4.66. The lowest BCUT2D eigenvalue weighted by Gasteiger charge is -2.19. The molecule has 0 amide bonds. The third kappa shape index (κ3) is 3.76. The van der Waals surface area contributed by atoms with Crippen molar-refractivity contribution in [3.05, 3.63) is 36.4 Å². The van der Waals surface area contributed by atoms with E-state index in [0.29, 0.717) is 5.39 Å². The first-order valence-corrected chi connectivity index (χ1v) is 8.86. The van der Waals surface area contributed by atoms with Crippen LogP contribution in [0.3, 0.4) is 0 Å². The first-order valence-electron chi connectivity index (χ1n) is 7.42. The predicted octanol–water partition coefficient (Wildman–Crippen LogP) is 2.84. The standard InChI is InChI=1S/C16H22N2O3S/c1-3-18(4-2)12-11-17-15-9-10-16(22(19,20)21)14-8-6-5-7-13(14)15/h5-10,17H,3-4,11-12H2,1-2H3,(H,19,20,21). The van der Waals surface area contributed by atoms with Crippen LogP contribution < -0.4 is 5.32 Å². The van der Waals surface area contributed by atoms with Crippen LogP contribution in [0.2, 0.25) is 0 Å². The second-order valence-electron chi connectivity index (χ2n) is 5.09. The Labute approximate surface area is 131 Å². The highest BCUT2D eigenvalue weighted by atomic mass is 32.2. The molecule has 0 saturated carbocycles. The molecule has 0 aliphatic carbocycles. The van der Waals surface area contributed by atoms with Crippen LogP contribution in [-0.4, -0.2) is 44.0 Å². The lowest BCUT2D eigenvalue weighted by molar-refractivity contribution is 0.316. The SMILES string of the molecule is CCN(CC)CCNc1ccc(S(=O)(=O)O)c2ccccc12. The number of rotatable bonds is 7. The Morgan fingerprint density at radius 3 is 2.27 bits per heavy atom. The zero-order valence-corrected chi connectivity index (χ0v) is 13.7. The Morgan fingerprint density at radius 2 is 1.68 bits per heavy atom. The largest absolute Gasteiger partial charge is 0.383 e. The molecule has 22 heavy (non-hydrogen) atoms. The maximum Gasteiger partial charge on any atom is 0.295 e. The fraction of sp³-hybridized carbons (Fsp3) is 0.375. The van der Waals surface area contributed by atoms with Gasteiger partial charge in [-0.3, -0.25) is 4.55 Å². The molecule has 2 aromatic carbocycles. The summed E-state index contributed by atoms with van der Waals surface area (Å²) in [7, 11) is -4.22. The molecule has 0 saturated heterocycles. The molecular formula is C16H22N2O3S. The highest BCUT2D eigenvalue weighted by molar-refractivity contribution is 7.86. The molecule has 0 bridgehead atoms. The van der Waals surface area contributed by atoms with Crippen molar-refractivity contribution in [1.82, 2.24) is 4.90 Å². The molecule has 5 nitrogen and oxygen atoms in total. The number of nitrogens with one attached hydrogen (secondary N) is 1. The van der Waals surface area contributed by atoms with Crippen molar-refractivity contribution in [2.24, 2.45) is 0 Å². The lowest BCUT2D eigenvalue weighted by atomic mass is 10.1. The number of benzene rings is 2. The van der Waals surface area contributed by atoms with E-state index in [4.69, 9.17) is 0 Å². The smallest absolute Gasteiger partial charge is 0.295 e. The molecular weight excluding hydrogens is 300 g/mol. The lowest BCUT2D eigenvalue weighted by Crippen LogP contribution is -2.28. The zero-order valence-electron chi connectivity index (χ0n) is 12.9. The van der Waals surface area contributed by atoms with E-state index in [1.54, 1.807) is 18.2 Å². The van der Waals surface area contributed by atoms with E-state index in [2.05, 4.69) is 24.1 Å². The van der Waals surface area contributed by atoms with Crippen molar-refractivity contribution in [3.8, 4) is 0 Å². The third-order valence-electron chi connectivity index (χ3n) is 3.80. The molecule has 0 aromatic heterocycles. The van der Waals surface area contributed by atoms with E-state index >= 15 is 0 Å². The molecule has 0 fully saturated rings. The number of fused-ring (bicyclic) bond motifs is 1. The van der Waals surface area contributed by atoms with E-state index in [1.807, 2.05) is 12.1 Å². The topological polar surface area (TPSA) is 69.6 Å². The third-order valence-corrected chi connectivity index (χ3v) is 4.71. The van der Waals surface area contributed by atoms with Gasteiger partial charge in [-0.15, -0.1) is 0 Å². The summed E-state index contributed by atoms with van der Waals surface area (Å²) >= 11 is 0. The Hall–Kier alpha value is -1.63. The van der Waals surface area contributed by atoms with Crippen LogP contribution >= 0.6 is 0 Å². The van der Waals surface area contributed by atoms with Gasteiger partial charge in [0.25, 0.3) is 10.1 Å². The van der Waals surface area contributed by atoms with Crippen LogP contribution in [0, 0.1) is 0 Å². The molecule has 0 spiro atoms. The van der Waals surface area contributed by atoms with Gasteiger partial charge in [-0.05, 0) is 25.2 Å². The summed E-state index contributed by atoms with van der Waals surface area (Å²) in [6, 6.07) is 10.3. The van der Waals surface area contributed by atoms with E-state index < -0.39 is 10.1 Å². The summed E-state index contributed by atoms with van der Waals surface area (Å²) in [6.45, 7) is 7.94. The normalized spacial score (nSPS) is 12.0. The molecule has 0 atom stereocenters. The number of likely N-dealkylation sites (N-methyl/N-ethyl adjacent to an activating group) is 1. The second kappa shape index (κ2) is 7.09. The van der Waals surface area contributed by atoms with Gasteiger partial charge in [0, 0.05) is 29.5 Å². The van der Waals surface area contributed by atoms with Gasteiger partial charge >= 0.3 is 0 Å². The minimum absolute atomic E-state index is 0.0580. The van der Waals surface area contributed by atoms with Crippen molar-refractivity contribution in [3.63, 3.8) is 0 Å². The highest BCUT2D eigenvalue weighted by Crippen LogP contribution is 2.29. The molecule has 0 heterocycles. The summed E-state index contributed by atoms with van der Waals surface area (Å²) in [4.78, 5) is 2.25. The first-order chi connectivity index (χ1) is 10.5. The number of hydrogen-bond donors (Lipinski definition) is 2. The van der Waals surface area contributed by atoms with Crippen LogP contribution in [0.15, 0.2) is 41.3 Å². The molecule has 2 rings (SSSR count). The number of hydrogen-bond acceptors (Lipinski definition) is 4. The van der Waals surface area contributed by atoms with Crippen LogP contribution in [-0.2, 0) is 10.1 Å². The second-order valence-corrected chi connectivity index (χ2v) is 6.48. The van der Waals surface area contributed by atoms with Crippen LogP contribution in [0.4, 0.5) is 5.69 Å². The van der Waals surface area contributed by atoms with Gasteiger partial charge in [-0.25, -0.2) is 0 Å². The van der Waals surface area contributed by atoms with Gasteiger partial charge < -0.3 is 10.2 Å². The average Bonchev–Trinajstić information content (AvgIpc) is 2.50. The van der Waals surface area contributed by atoms with Gasteiger partial charge in [0.15, 0.2) is 0 Å². The van der Waals surface area contributed by atoms with E-state index in [0.717, 1.165) is 37.3 Å². The van der Waals surface area contributed by atoms with Crippen molar-refractivity contribution < 1.29 is 13.0 Å². The van der Waals surface area contributed by atoms with Gasteiger partial charge in [0.05, 0.1) is 0 Å². The van der Waals surface area contributed by atoms with Crippen molar-refractivity contribution in [1.29, 1.82) is 0 Å². The van der Waals surface area contributed by atoms with Crippen LogP contribution in [0.25, 0.3) is 10.8 Å². The van der Waals surface area contributed by atoms with Gasteiger partial charge in [0.1, 0.15) is 4.90 Å². The maximum atomic E-state index is 11.5. The molecule has 0 aliphatic heterocycles. The van der Waals surface area contributed by atoms with Crippen LogP contribution in [0.1, 0.15) is 13.8 Å². The maximum absolute atomic E-state index is 11.5.